The first-order valence-electron chi connectivity index (χ1n) is 7.44. The van der Waals surface area contributed by atoms with Crippen molar-refractivity contribution in [1.82, 2.24) is 15.5 Å². The van der Waals surface area contributed by atoms with E-state index < -0.39 is 0 Å². The minimum absolute atomic E-state index is 0. The molecule has 1 fully saturated rings. The third kappa shape index (κ3) is 5.10. The van der Waals surface area contributed by atoms with E-state index in [9.17, 15) is 0 Å². The fourth-order valence-corrected chi connectivity index (χ4v) is 3.98. The van der Waals surface area contributed by atoms with Gasteiger partial charge in [0.05, 0.1) is 0 Å². The maximum atomic E-state index is 4.25. The quantitative estimate of drug-likeness (QED) is 0.445. The zero-order valence-corrected chi connectivity index (χ0v) is 16.3. The molecule has 21 heavy (non-hydrogen) atoms. The first-order chi connectivity index (χ1) is 9.76. The predicted octanol–water partition coefficient (Wildman–Crippen LogP) is 2.93. The van der Waals surface area contributed by atoms with E-state index in [-0.39, 0.29) is 24.0 Å². The van der Waals surface area contributed by atoms with Crippen LogP contribution in [0.5, 0.6) is 0 Å². The lowest BCUT2D eigenvalue weighted by atomic mass is 9.88. The predicted molar refractivity (Wildman–Crippen MR) is 103 cm³/mol. The van der Waals surface area contributed by atoms with E-state index in [2.05, 4.69) is 52.0 Å². The highest BCUT2D eigenvalue weighted by atomic mass is 127. The first kappa shape index (κ1) is 18.7. The topological polar surface area (TPSA) is 39.7 Å². The summed E-state index contributed by atoms with van der Waals surface area (Å²) >= 11 is 1.87. The van der Waals surface area contributed by atoms with Crippen molar-refractivity contribution in [3.05, 3.63) is 22.4 Å². The number of halogens is 1. The summed E-state index contributed by atoms with van der Waals surface area (Å²) in [5.41, 5.74) is 0. The van der Waals surface area contributed by atoms with Gasteiger partial charge in [0.1, 0.15) is 0 Å². The van der Waals surface area contributed by atoms with Gasteiger partial charge in [0.25, 0.3) is 0 Å². The molecule has 1 saturated heterocycles. The molecule has 2 atom stereocenters. The molecule has 4 nitrogen and oxygen atoms in total. The van der Waals surface area contributed by atoms with Crippen LogP contribution >= 0.6 is 35.3 Å². The normalized spacial score (nSPS) is 23.5. The van der Waals surface area contributed by atoms with Crippen molar-refractivity contribution in [2.75, 3.05) is 33.7 Å². The maximum Gasteiger partial charge on any atom is 0.190 e. The van der Waals surface area contributed by atoms with Gasteiger partial charge in [-0.25, -0.2) is 0 Å². The van der Waals surface area contributed by atoms with Gasteiger partial charge in [-0.05, 0) is 50.7 Å². The van der Waals surface area contributed by atoms with Crippen LogP contribution in [-0.4, -0.2) is 44.6 Å². The van der Waals surface area contributed by atoms with Gasteiger partial charge in [0, 0.05) is 31.1 Å². The minimum Gasteiger partial charge on any atom is -0.357 e. The minimum atomic E-state index is 0. The lowest BCUT2D eigenvalue weighted by Crippen LogP contribution is -2.44. The van der Waals surface area contributed by atoms with Crippen LogP contribution in [0.1, 0.15) is 30.7 Å². The summed E-state index contributed by atoms with van der Waals surface area (Å²) in [6.07, 6.45) is 2.56. The highest BCUT2D eigenvalue weighted by Gasteiger charge is 2.31. The molecule has 0 radical (unpaired) electrons. The highest BCUT2D eigenvalue weighted by Crippen LogP contribution is 2.36. The van der Waals surface area contributed by atoms with Gasteiger partial charge >= 0.3 is 0 Å². The Bertz CT molecular complexity index is 421. The Hall–Kier alpha value is -0.340. The maximum absolute atomic E-state index is 4.25. The number of rotatable bonds is 4. The van der Waals surface area contributed by atoms with Gasteiger partial charge < -0.3 is 10.6 Å². The molecule has 0 spiro atoms. The molecule has 2 heterocycles. The van der Waals surface area contributed by atoms with Gasteiger partial charge in [-0.15, -0.1) is 35.3 Å². The Kier molecular flexibility index (Phi) is 8.58. The molecule has 0 amide bonds. The summed E-state index contributed by atoms with van der Waals surface area (Å²) in [5.74, 6) is 1.55. The van der Waals surface area contributed by atoms with Crippen molar-refractivity contribution in [2.24, 2.45) is 10.9 Å². The van der Waals surface area contributed by atoms with Crippen molar-refractivity contribution in [1.29, 1.82) is 0 Å². The van der Waals surface area contributed by atoms with Crippen molar-refractivity contribution >= 4 is 41.3 Å². The Morgan fingerprint density at radius 3 is 2.90 bits per heavy atom. The molecule has 0 saturated carbocycles. The number of likely N-dealkylation sites (tertiary alicyclic amines) is 1. The summed E-state index contributed by atoms with van der Waals surface area (Å²) < 4.78 is 0. The summed E-state index contributed by atoms with van der Waals surface area (Å²) in [6, 6.07) is 4.96. The molecule has 2 unspecified atom stereocenters. The van der Waals surface area contributed by atoms with Crippen LogP contribution in [0.15, 0.2) is 22.5 Å². The van der Waals surface area contributed by atoms with Crippen LogP contribution in [0, 0.1) is 5.92 Å². The van der Waals surface area contributed by atoms with Gasteiger partial charge in [-0.1, -0.05) is 6.07 Å². The summed E-state index contributed by atoms with van der Waals surface area (Å²) in [4.78, 5) is 8.23. The Balaban J connectivity index is 0.00000220. The molecule has 120 valence electrons. The second kappa shape index (κ2) is 9.63. The van der Waals surface area contributed by atoms with Crippen molar-refractivity contribution in [3.8, 4) is 0 Å². The van der Waals surface area contributed by atoms with Crippen molar-refractivity contribution in [2.45, 2.75) is 25.8 Å². The first-order valence-corrected chi connectivity index (χ1v) is 8.32. The van der Waals surface area contributed by atoms with Crippen LogP contribution in [0.25, 0.3) is 0 Å². The fourth-order valence-electron chi connectivity index (χ4n) is 3.00. The number of nitrogens with one attached hydrogen (secondary N) is 2. The fraction of sp³-hybridized carbons (Fsp3) is 0.667. The van der Waals surface area contributed by atoms with Gasteiger partial charge in [0.15, 0.2) is 5.96 Å². The summed E-state index contributed by atoms with van der Waals surface area (Å²) in [6.45, 7) is 5.17. The van der Waals surface area contributed by atoms with E-state index in [1.807, 2.05) is 18.4 Å². The van der Waals surface area contributed by atoms with Crippen molar-refractivity contribution in [3.63, 3.8) is 0 Å². The van der Waals surface area contributed by atoms with E-state index in [0.717, 1.165) is 19.0 Å². The number of hydrogen-bond acceptors (Lipinski definition) is 3. The van der Waals surface area contributed by atoms with Crippen LogP contribution in [-0.2, 0) is 0 Å². The van der Waals surface area contributed by atoms with Gasteiger partial charge in [-0.2, -0.15) is 0 Å². The van der Waals surface area contributed by atoms with Crippen LogP contribution in [0.3, 0.4) is 0 Å². The molecule has 0 bridgehead atoms. The van der Waals surface area contributed by atoms with Crippen LogP contribution in [0.2, 0.25) is 0 Å². The summed E-state index contributed by atoms with van der Waals surface area (Å²) in [7, 11) is 4.07. The molecular weight excluding hydrogens is 395 g/mol. The van der Waals surface area contributed by atoms with E-state index in [1.165, 1.54) is 24.3 Å². The van der Waals surface area contributed by atoms with Crippen molar-refractivity contribution < 1.29 is 0 Å². The number of piperidine rings is 1. The van der Waals surface area contributed by atoms with Crippen LogP contribution in [0.4, 0.5) is 0 Å². The SMILES string of the molecule is CCNC(=NC)NCC1CCCN(C)C1c1cccs1.I. The van der Waals surface area contributed by atoms with Gasteiger partial charge in [0.2, 0.25) is 0 Å². The molecule has 0 aliphatic carbocycles. The summed E-state index contributed by atoms with van der Waals surface area (Å²) in [5, 5.41) is 8.91. The smallest absolute Gasteiger partial charge is 0.190 e. The largest absolute Gasteiger partial charge is 0.357 e. The number of aliphatic imine (C=N–C) groups is 1. The Labute approximate surface area is 149 Å². The Morgan fingerprint density at radius 1 is 1.48 bits per heavy atom. The number of nitrogens with zero attached hydrogens (tertiary/aromatic N) is 2. The molecule has 0 aromatic carbocycles. The molecule has 6 heteroatoms. The second-order valence-electron chi connectivity index (χ2n) is 5.33. The third-order valence-electron chi connectivity index (χ3n) is 3.94. The zero-order valence-electron chi connectivity index (χ0n) is 13.1. The molecule has 1 aliphatic rings. The molecule has 1 aromatic heterocycles. The van der Waals surface area contributed by atoms with E-state index >= 15 is 0 Å². The second-order valence-corrected chi connectivity index (χ2v) is 6.31. The standard InChI is InChI=1S/C15H26N4S.HI/c1-4-17-15(16-2)18-11-12-7-5-9-19(3)14(12)13-8-6-10-20-13;/h6,8,10,12,14H,4-5,7,9,11H2,1-3H3,(H2,16,17,18);1H. The van der Waals surface area contributed by atoms with Gasteiger partial charge in [-0.3, -0.25) is 9.89 Å². The van der Waals surface area contributed by atoms with Crippen LogP contribution < -0.4 is 10.6 Å². The molecule has 2 N–H and O–H groups in total. The number of guanidine groups is 1. The third-order valence-corrected chi connectivity index (χ3v) is 4.88. The van der Waals surface area contributed by atoms with E-state index in [1.54, 1.807) is 0 Å². The number of thiophene rings is 1. The highest BCUT2D eigenvalue weighted by molar-refractivity contribution is 14.0. The lowest BCUT2D eigenvalue weighted by Gasteiger charge is -2.39. The molecular formula is C15H27IN4S. The molecule has 1 aliphatic heterocycles. The monoisotopic (exact) mass is 422 g/mol. The Morgan fingerprint density at radius 2 is 2.29 bits per heavy atom. The lowest BCUT2D eigenvalue weighted by molar-refractivity contribution is 0.125. The average Bonchev–Trinajstić information content (AvgIpc) is 2.97. The zero-order chi connectivity index (χ0) is 14.4. The molecule has 2 rings (SSSR count). The molecule has 1 aromatic rings. The van der Waals surface area contributed by atoms with E-state index in [0.29, 0.717) is 12.0 Å². The average molecular weight is 422 g/mol. The van der Waals surface area contributed by atoms with E-state index in [4.69, 9.17) is 0 Å². The number of hydrogen-bond donors (Lipinski definition) is 2.